The highest BCUT2D eigenvalue weighted by atomic mass is 16.3. The minimum atomic E-state index is -0.290. The maximum Gasteiger partial charge on any atom is 0.234 e. The van der Waals surface area contributed by atoms with Crippen molar-refractivity contribution in [3.05, 3.63) is 0 Å². The molecule has 0 spiro atoms. The average Bonchev–Trinajstić information content (AvgIpc) is 2.28. The summed E-state index contributed by atoms with van der Waals surface area (Å²) in [4.78, 5) is 13.8. The Morgan fingerprint density at radius 2 is 2.17 bits per heavy atom. The van der Waals surface area contributed by atoms with E-state index < -0.39 is 0 Å². The van der Waals surface area contributed by atoms with Gasteiger partial charge in [0.05, 0.1) is 19.3 Å². The molecule has 5 heteroatoms. The van der Waals surface area contributed by atoms with E-state index in [-0.39, 0.29) is 24.0 Å². The molecule has 0 unspecified atom stereocenters. The first-order valence-corrected chi connectivity index (χ1v) is 6.92. The zero-order chi connectivity index (χ0) is 13.0. The molecule has 0 aromatic carbocycles. The summed E-state index contributed by atoms with van der Waals surface area (Å²) >= 11 is 0. The van der Waals surface area contributed by atoms with Crippen molar-refractivity contribution < 1.29 is 15.0 Å². The van der Waals surface area contributed by atoms with E-state index in [4.69, 9.17) is 0 Å². The zero-order valence-electron chi connectivity index (χ0n) is 10.9. The number of rotatable bonds is 5. The number of amides is 1. The van der Waals surface area contributed by atoms with Crippen molar-refractivity contribution in [2.24, 2.45) is 5.41 Å². The second-order valence-corrected chi connectivity index (χ2v) is 5.82. The van der Waals surface area contributed by atoms with Crippen LogP contribution < -0.4 is 5.32 Å². The monoisotopic (exact) mass is 256 g/mol. The number of aliphatic hydroxyl groups excluding tert-OH is 2. The fourth-order valence-corrected chi connectivity index (χ4v) is 2.79. The van der Waals surface area contributed by atoms with Crippen molar-refractivity contribution in [2.75, 3.05) is 32.8 Å². The third-order valence-electron chi connectivity index (χ3n) is 4.26. The molecule has 104 valence electrons. The van der Waals surface area contributed by atoms with Crippen molar-refractivity contribution >= 4 is 5.91 Å². The van der Waals surface area contributed by atoms with Crippen molar-refractivity contribution in [3.8, 4) is 0 Å². The normalized spacial score (nSPS) is 27.6. The van der Waals surface area contributed by atoms with Gasteiger partial charge in [-0.25, -0.2) is 0 Å². The van der Waals surface area contributed by atoms with Crippen LogP contribution in [0.4, 0.5) is 0 Å². The number of hydrogen-bond donors (Lipinski definition) is 3. The molecule has 1 saturated heterocycles. The van der Waals surface area contributed by atoms with Crippen LogP contribution >= 0.6 is 0 Å². The maximum atomic E-state index is 11.8. The number of carbonyl (C=O) groups is 1. The first-order chi connectivity index (χ1) is 8.63. The molecule has 0 bridgehead atoms. The Morgan fingerprint density at radius 1 is 1.39 bits per heavy atom. The molecule has 18 heavy (non-hydrogen) atoms. The van der Waals surface area contributed by atoms with Gasteiger partial charge in [0, 0.05) is 18.5 Å². The molecule has 1 amide bonds. The van der Waals surface area contributed by atoms with Crippen LogP contribution in [0.5, 0.6) is 0 Å². The number of β-amino-alcohol motifs (C(OH)–C–C–N with tert-alkyl or cyclic N) is 1. The topological polar surface area (TPSA) is 72.8 Å². The predicted octanol–water partition coefficient (Wildman–Crippen LogP) is -0.278. The number of nitrogens with zero attached hydrogens (tertiary/aromatic N) is 1. The second kappa shape index (κ2) is 5.99. The Labute approximate surface area is 108 Å². The summed E-state index contributed by atoms with van der Waals surface area (Å²) in [5, 5.41) is 21.8. The van der Waals surface area contributed by atoms with Crippen molar-refractivity contribution in [2.45, 2.75) is 38.2 Å². The highest BCUT2D eigenvalue weighted by Crippen LogP contribution is 2.39. The van der Waals surface area contributed by atoms with E-state index in [9.17, 15) is 15.0 Å². The molecule has 2 rings (SSSR count). The van der Waals surface area contributed by atoms with Crippen LogP contribution in [0.3, 0.4) is 0 Å². The van der Waals surface area contributed by atoms with Crippen LogP contribution in [0.1, 0.15) is 32.1 Å². The molecule has 0 aromatic rings. The largest absolute Gasteiger partial charge is 0.396 e. The van der Waals surface area contributed by atoms with Crippen LogP contribution in [-0.2, 0) is 4.79 Å². The molecule has 0 radical (unpaired) electrons. The number of carbonyl (C=O) groups excluding carboxylic acids is 1. The highest BCUT2D eigenvalue weighted by molar-refractivity contribution is 5.78. The summed E-state index contributed by atoms with van der Waals surface area (Å²) in [5.74, 6) is 0.00354. The van der Waals surface area contributed by atoms with Gasteiger partial charge in [-0.15, -0.1) is 0 Å². The van der Waals surface area contributed by atoms with Gasteiger partial charge in [0.25, 0.3) is 0 Å². The Bertz CT molecular complexity index is 286. The zero-order valence-corrected chi connectivity index (χ0v) is 10.9. The van der Waals surface area contributed by atoms with Crippen LogP contribution in [0.2, 0.25) is 0 Å². The summed E-state index contributed by atoms with van der Waals surface area (Å²) in [7, 11) is 0. The average molecular weight is 256 g/mol. The summed E-state index contributed by atoms with van der Waals surface area (Å²) < 4.78 is 0. The lowest BCUT2D eigenvalue weighted by Crippen LogP contribution is -2.48. The van der Waals surface area contributed by atoms with Crippen molar-refractivity contribution in [1.29, 1.82) is 0 Å². The number of piperidine rings is 1. The smallest absolute Gasteiger partial charge is 0.234 e. The summed E-state index contributed by atoms with van der Waals surface area (Å²) in [6, 6.07) is 0. The number of aliphatic hydroxyl groups is 2. The molecule has 3 N–H and O–H groups in total. The van der Waals surface area contributed by atoms with Gasteiger partial charge in [-0.05, 0) is 32.2 Å². The quantitative estimate of drug-likeness (QED) is 0.633. The van der Waals surface area contributed by atoms with E-state index in [0.717, 1.165) is 38.6 Å². The molecule has 1 atom stereocenters. The molecule has 5 nitrogen and oxygen atoms in total. The molecule has 1 saturated carbocycles. The molecule has 2 fully saturated rings. The van der Waals surface area contributed by atoms with Crippen LogP contribution in [0.15, 0.2) is 0 Å². The Morgan fingerprint density at radius 3 is 2.72 bits per heavy atom. The van der Waals surface area contributed by atoms with Crippen molar-refractivity contribution in [3.63, 3.8) is 0 Å². The Hall–Kier alpha value is -0.650. The molecular weight excluding hydrogens is 232 g/mol. The predicted molar refractivity (Wildman–Crippen MR) is 68.1 cm³/mol. The van der Waals surface area contributed by atoms with Crippen LogP contribution in [0, 0.1) is 5.41 Å². The Kier molecular flexibility index (Phi) is 4.59. The summed E-state index contributed by atoms with van der Waals surface area (Å²) in [6.07, 6.45) is 4.66. The molecule has 2 aliphatic rings. The van der Waals surface area contributed by atoms with E-state index in [0.29, 0.717) is 19.6 Å². The SMILES string of the molecule is O=C(CN1CCC[C@@H](O)C1)NCC1(CO)CCC1. The van der Waals surface area contributed by atoms with Gasteiger partial charge in [0.1, 0.15) is 0 Å². The van der Waals surface area contributed by atoms with Gasteiger partial charge in [0.2, 0.25) is 5.91 Å². The lowest BCUT2D eigenvalue weighted by Gasteiger charge is -2.40. The third kappa shape index (κ3) is 3.43. The number of hydrogen-bond acceptors (Lipinski definition) is 4. The number of nitrogens with one attached hydrogen (secondary N) is 1. The molecule has 1 aliphatic heterocycles. The molecule has 1 heterocycles. The maximum absolute atomic E-state index is 11.8. The highest BCUT2D eigenvalue weighted by Gasteiger charge is 2.36. The van der Waals surface area contributed by atoms with Gasteiger partial charge in [-0.1, -0.05) is 6.42 Å². The molecule has 1 aliphatic carbocycles. The van der Waals surface area contributed by atoms with Gasteiger partial charge < -0.3 is 15.5 Å². The summed E-state index contributed by atoms with van der Waals surface area (Å²) in [5.41, 5.74) is -0.0585. The lowest BCUT2D eigenvalue weighted by atomic mass is 9.69. The van der Waals surface area contributed by atoms with E-state index in [1.807, 2.05) is 4.90 Å². The fraction of sp³-hybridized carbons (Fsp3) is 0.923. The molecule has 0 aromatic heterocycles. The molecular formula is C13H24N2O3. The number of likely N-dealkylation sites (tertiary alicyclic amines) is 1. The van der Waals surface area contributed by atoms with Gasteiger partial charge in [-0.2, -0.15) is 0 Å². The lowest BCUT2D eigenvalue weighted by molar-refractivity contribution is -0.124. The van der Waals surface area contributed by atoms with Gasteiger partial charge in [-0.3, -0.25) is 9.69 Å². The van der Waals surface area contributed by atoms with Gasteiger partial charge >= 0.3 is 0 Å². The van der Waals surface area contributed by atoms with Gasteiger partial charge in [0.15, 0.2) is 0 Å². The van der Waals surface area contributed by atoms with E-state index in [1.54, 1.807) is 0 Å². The van der Waals surface area contributed by atoms with E-state index >= 15 is 0 Å². The Balaban J connectivity index is 1.68. The van der Waals surface area contributed by atoms with E-state index in [1.165, 1.54) is 0 Å². The van der Waals surface area contributed by atoms with Crippen LogP contribution in [-0.4, -0.2) is 59.9 Å². The second-order valence-electron chi connectivity index (χ2n) is 5.82. The van der Waals surface area contributed by atoms with E-state index in [2.05, 4.69) is 5.32 Å². The first-order valence-electron chi connectivity index (χ1n) is 6.92. The summed E-state index contributed by atoms with van der Waals surface area (Å²) in [6.45, 7) is 2.58. The standard InChI is InChI=1S/C13H24N2O3/c16-10-13(4-2-5-13)9-14-12(18)8-15-6-1-3-11(17)7-15/h11,16-17H,1-10H2,(H,14,18)/t11-/m1/s1. The fourth-order valence-electron chi connectivity index (χ4n) is 2.79. The van der Waals surface area contributed by atoms with Crippen LogP contribution in [0.25, 0.3) is 0 Å². The minimum Gasteiger partial charge on any atom is -0.396 e. The van der Waals surface area contributed by atoms with Crippen molar-refractivity contribution in [1.82, 2.24) is 10.2 Å². The minimum absolute atomic E-state index is 0.00354. The third-order valence-corrected chi connectivity index (χ3v) is 4.26. The first kappa shape index (κ1) is 13.8.